The van der Waals surface area contributed by atoms with Crippen molar-refractivity contribution in [3.63, 3.8) is 0 Å². The number of carbonyl (C=O) groups excluding carboxylic acids is 2. The predicted octanol–water partition coefficient (Wildman–Crippen LogP) is 4.37. The Morgan fingerprint density at radius 1 is 1.12 bits per heavy atom. The van der Waals surface area contributed by atoms with E-state index in [1.807, 2.05) is 62.5 Å². The fourth-order valence-corrected chi connectivity index (χ4v) is 4.86. The lowest BCUT2D eigenvalue weighted by molar-refractivity contribution is -0.123. The lowest BCUT2D eigenvalue weighted by Gasteiger charge is -2.40. The van der Waals surface area contributed by atoms with Crippen LogP contribution in [0.4, 0.5) is 5.69 Å². The highest BCUT2D eigenvalue weighted by Gasteiger charge is 2.57. The Hall–Kier alpha value is -2.20. The largest absolute Gasteiger partial charge is 0.314 e. The molecule has 1 aliphatic carbocycles. The summed E-state index contributed by atoms with van der Waals surface area (Å²) in [6.45, 7) is 1.91. The van der Waals surface area contributed by atoms with Crippen molar-refractivity contribution in [2.75, 3.05) is 11.9 Å². The molecule has 2 aromatic rings. The Morgan fingerprint density at radius 2 is 1.88 bits per heavy atom. The molecule has 4 heteroatoms. The maximum absolute atomic E-state index is 13.5. The quantitative estimate of drug-likeness (QED) is 0.718. The fourth-order valence-electron chi connectivity index (χ4n) is 4.44. The van der Waals surface area contributed by atoms with E-state index in [1.54, 1.807) is 11.0 Å². The summed E-state index contributed by atoms with van der Waals surface area (Å²) in [6, 6.07) is 15.9. The van der Waals surface area contributed by atoms with Crippen LogP contribution in [0.2, 0.25) is 0 Å². The molecule has 0 aromatic heterocycles. The number of ketones is 1. The zero-order valence-electron chi connectivity index (χ0n) is 14.1. The van der Waals surface area contributed by atoms with Crippen LogP contribution in [0.3, 0.4) is 0 Å². The van der Waals surface area contributed by atoms with Crippen molar-refractivity contribution >= 4 is 33.3 Å². The van der Waals surface area contributed by atoms with Crippen LogP contribution >= 0.6 is 15.9 Å². The number of allylic oxidation sites excluding steroid dienone is 1. The summed E-state index contributed by atoms with van der Waals surface area (Å²) >= 11 is 3.52. The van der Waals surface area contributed by atoms with Crippen molar-refractivity contribution in [1.82, 2.24) is 0 Å². The van der Waals surface area contributed by atoms with Crippen LogP contribution in [0.25, 0.3) is 0 Å². The second-order valence-electron chi connectivity index (χ2n) is 6.79. The van der Waals surface area contributed by atoms with Gasteiger partial charge in [0.1, 0.15) is 5.41 Å². The van der Waals surface area contributed by atoms with Gasteiger partial charge in [0.2, 0.25) is 5.91 Å². The third-order valence-corrected chi connectivity index (χ3v) is 6.00. The molecule has 0 N–H and O–H groups in total. The molecular formula is C21H18BrNO2. The van der Waals surface area contributed by atoms with E-state index in [9.17, 15) is 9.59 Å². The molecule has 4 rings (SSSR count). The number of likely N-dealkylation sites (N-methyl/N-ethyl adjacent to an activating group) is 1. The lowest BCUT2D eigenvalue weighted by atomic mass is 9.60. The third kappa shape index (κ3) is 2.17. The van der Waals surface area contributed by atoms with Gasteiger partial charge in [0, 0.05) is 29.5 Å². The molecule has 0 radical (unpaired) electrons. The van der Waals surface area contributed by atoms with Crippen LogP contribution in [0.15, 0.2) is 64.7 Å². The van der Waals surface area contributed by atoms with Crippen LogP contribution in [0.5, 0.6) is 0 Å². The fraction of sp³-hybridized carbons (Fsp3) is 0.238. The maximum atomic E-state index is 13.5. The van der Waals surface area contributed by atoms with Gasteiger partial charge in [-0.1, -0.05) is 46.3 Å². The molecule has 1 spiro atoms. The predicted molar refractivity (Wildman–Crippen MR) is 102 cm³/mol. The summed E-state index contributed by atoms with van der Waals surface area (Å²) in [6.07, 6.45) is 1.99. The summed E-state index contributed by atoms with van der Waals surface area (Å²) in [7, 11) is 1.82. The summed E-state index contributed by atoms with van der Waals surface area (Å²) in [5.41, 5.74) is 2.95. The van der Waals surface area contributed by atoms with Crippen molar-refractivity contribution in [2.45, 2.75) is 24.7 Å². The standard InChI is InChI=1S/C21H18BrNO2/c1-13-10-16(24)12-18(14-6-5-7-15(22)11-14)21(13)17-8-3-4-9-19(17)23(2)20(21)25/h3-11,18H,12H2,1-2H3/t18-,21+/m1/s1. The van der Waals surface area contributed by atoms with Crippen molar-refractivity contribution in [2.24, 2.45) is 0 Å². The summed E-state index contributed by atoms with van der Waals surface area (Å²) in [4.78, 5) is 27.6. The number of anilines is 1. The van der Waals surface area contributed by atoms with Gasteiger partial charge < -0.3 is 4.90 Å². The molecule has 2 aromatic carbocycles. The zero-order chi connectivity index (χ0) is 17.8. The minimum Gasteiger partial charge on any atom is -0.314 e. The van der Waals surface area contributed by atoms with E-state index in [2.05, 4.69) is 15.9 Å². The number of carbonyl (C=O) groups is 2. The van der Waals surface area contributed by atoms with E-state index in [4.69, 9.17) is 0 Å². The van der Waals surface area contributed by atoms with E-state index in [1.165, 1.54) is 0 Å². The van der Waals surface area contributed by atoms with Gasteiger partial charge in [0.25, 0.3) is 0 Å². The molecule has 0 bridgehead atoms. The first-order chi connectivity index (χ1) is 12.0. The van der Waals surface area contributed by atoms with Crippen LogP contribution in [-0.4, -0.2) is 18.7 Å². The maximum Gasteiger partial charge on any atom is 0.242 e. The Kier molecular flexibility index (Phi) is 3.69. The first kappa shape index (κ1) is 16.3. The van der Waals surface area contributed by atoms with E-state index in [-0.39, 0.29) is 17.6 Å². The summed E-state index contributed by atoms with van der Waals surface area (Å²) in [5.74, 6) is -0.0889. The van der Waals surface area contributed by atoms with E-state index in [0.29, 0.717) is 6.42 Å². The zero-order valence-corrected chi connectivity index (χ0v) is 15.7. The minimum absolute atomic E-state index is 0.0416. The Labute approximate surface area is 155 Å². The number of nitrogens with zero attached hydrogens (tertiary/aromatic N) is 1. The number of para-hydroxylation sites is 1. The molecule has 126 valence electrons. The Morgan fingerprint density at radius 3 is 2.64 bits per heavy atom. The first-order valence-corrected chi connectivity index (χ1v) is 9.10. The van der Waals surface area contributed by atoms with Crippen molar-refractivity contribution in [3.8, 4) is 0 Å². The first-order valence-electron chi connectivity index (χ1n) is 8.31. The normalized spacial score (nSPS) is 25.3. The number of fused-ring (bicyclic) bond motifs is 2. The number of hydrogen-bond acceptors (Lipinski definition) is 2. The second kappa shape index (κ2) is 5.67. The SMILES string of the molecule is CC1=CC(=O)C[C@H](c2cccc(Br)c2)[C@]12C(=O)N(C)c1ccccc12. The van der Waals surface area contributed by atoms with E-state index in [0.717, 1.165) is 26.9 Å². The van der Waals surface area contributed by atoms with Crippen molar-refractivity contribution < 1.29 is 9.59 Å². The smallest absolute Gasteiger partial charge is 0.242 e. The van der Waals surface area contributed by atoms with E-state index < -0.39 is 5.41 Å². The number of benzene rings is 2. The molecule has 1 heterocycles. The lowest BCUT2D eigenvalue weighted by Crippen LogP contribution is -2.47. The van der Waals surface area contributed by atoms with Gasteiger partial charge >= 0.3 is 0 Å². The molecule has 0 fully saturated rings. The van der Waals surface area contributed by atoms with Gasteiger partial charge in [0.05, 0.1) is 0 Å². The molecule has 0 saturated heterocycles. The van der Waals surface area contributed by atoms with Crippen LogP contribution in [0, 0.1) is 0 Å². The number of amides is 1. The molecular weight excluding hydrogens is 378 g/mol. The highest BCUT2D eigenvalue weighted by molar-refractivity contribution is 9.10. The molecule has 0 saturated carbocycles. The van der Waals surface area contributed by atoms with Crippen molar-refractivity contribution in [3.05, 3.63) is 75.8 Å². The van der Waals surface area contributed by atoms with E-state index >= 15 is 0 Å². The highest BCUT2D eigenvalue weighted by Crippen LogP contribution is 2.56. The molecule has 2 aliphatic rings. The number of hydrogen-bond donors (Lipinski definition) is 0. The van der Waals surface area contributed by atoms with Gasteiger partial charge in [-0.15, -0.1) is 0 Å². The highest BCUT2D eigenvalue weighted by atomic mass is 79.9. The van der Waals surface area contributed by atoms with Crippen LogP contribution in [-0.2, 0) is 15.0 Å². The Bertz CT molecular complexity index is 933. The average molecular weight is 396 g/mol. The van der Waals surface area contributed by atoms with Gasteiger partial charge in [-0.05, 0) is 47.9 Å². The minimum atomic E-state index is -0.806. The average Bonchev–Trinajstić information content (AvgIpc) is 2.81. The number of halogens is 1. The number of rotatable bonds is 1. The van der Waals surface area contributed by atoms with Crippen molar-refractivity contribution in [1.29, 1.82) is 0 Å². The Balaban J connectivity index is 2.03. The molecule has 0 unspecified atom stereocenters. The van der Waals surface area contributed by atoms with Crippen LogP contribution < -0.4 is 4.90 Å². The van der Waals surface area contributed by atoms with Gasteiger partial charge in [-0.3, -0.25) is 9.59 Å². The molecule has 2 atom stereocenters. The summed E-state index contributed by atoms with van der Waals surface area (Å²) < 4.78 is 0.951. The van der Waals surface area contributed by atoms with Gasteiger partial charge in [0.15, 0.2) is 5.78 Å². The topological polar surface area (TPSA) is 37.4 Å². The molecule has 1 aliphatic heterocycles. The molecule has 3 nitrogen and oxygen atoms in total. The van der Waals surface area contributed by atoms with Gasteiger partial charge in [-0.2, -0.15) is 0 Å². The summed E-state index contributed by atoms with van der Waals surface area (Å²) in [5, 5.41) is 0. The van der Waals surface area contributed by atoms with Crippen LogP contribution in [0.1, 0.15) is 30.4 Å². The monoisotopic (exact) mass is 395 g/mol. The third-order valence-electron chi connectivity index (χ3n) is 5.51. The molecule has 1 amide bonds. The van der Waals surface area contributed by atoms with Gasteiger partial charge in [-0.25, -0.2) is 0 Å². The molecule has 25 heavy (non-hydrogen) atoms. The second-order valence-corrected chi connectivity index (χ2v) is 7.71.